The third kappa shape index (κ3) is 3.85. The van der Waals surface area contributed by atoms with E-state index < -0.39 is 5.91 Å². The first kappa shape index (κ1) is 19.5. The van der Waals surface area contributed by atoms with E-state index in [1.165, 1.54) is 5.56 Å². The molecule has 4 rings (SSSR count). The fourth-order valence-corrected chi connectivity index (χ4v) is 3.55. The number of amides is 2. The molecule has 3 aromatic carbocycles. The van der Waals surface area contributed by atoms with Gasteiger partial charge in [0.1, 0.15) is 11.9 Å². The van der Waals surface area contributed by atoms with E-state index in [-0.39, 0.29) is 18.7 Å². The summed E-state index contributed by atoms with van der Waals surface area (Å²) in [6, 6.07) is 22.8. The fraction of sp³-hybridized carbons (Fsp3) is 0.167. The van der Waals surface area contributed by atoms with Crippen molar-refractivity contribution < 1.29 is 14.3 Å². The summed E-state index contributed by atoms with van der Waals surface area (Å²) in [4.78, 5) is 26.1. The van der Waals surface area contributed by atoms with Gasteiger partial charge in [-0.15, -0.1) is 0 Å². The largest absolute Gasteiger partial charge is 0.484 e. The summed E-state index contributed by atoms with van der Waals surface area (Å²) in [5.74, 6) is -0.0523. The molecule has 1 aliphatic rings. The van der Waals surface area contributed by atoms with Gasteiger partial charge in [0, 0.05) is 11.4 Å². The van der Waals surface area contributed by atoms with Gasteiger partial charge in [0.15, 0.2) is 6.61 Å². The van der Waals surface area contributed by atoms with Crippen LogP contribution in [0.15, 0.2) is 72.8 Å². The molecule has 1 aliphatic heterocycles. The second kappa shape index (κ2) is 8.29. The van der Waals surface area contributed by atoms with Crippen LogP contribution in [-0.4, -0.2) is 18.4 Å². The average Bonchev–Trinajstić information content (AvgIpc) is 2.78. The lowest BCUT2D eigenvalue weighted by atomic mass is 10.0. The van der Waals surface area contributed by atoms with Crippen LogP contribution in [0.25, 0.3) is 0 Å². The topological polar surface area (TPSA) is 84.7 Å². The van der Waals surface area contributed by atoms with E-state index in [2.05, 4.69) is 12.2 Å². The molecular formula is C24H23N3O3. The summed E-state index contributed by atoms with van der Waals surface area (Å²) in [6.45, 7) is 1.92. The van der Waals surface area contributed by atoms with E-state index in [4.69, 9.17) is 10.5 Å². The van der Waals surface area contributed by atoms with Crippen molar-refractivity contribution in [2.75, 3.05) is 16.8 Å². The van der Waals surface area contributed by atoms with Gasteiger partial charge in [0.2, 0.25) is 0 Å². The maximum absolute atomic E-state index is 13.4. The van der Waals surface area contributed by atoms with Crippen molar-refractivity contribution in [3.05, 3.63) is 89.5 Å². The van der Waals surface area contributed by atoms with E-state index >= 15 is 0 Å². The zero-order valence-electron chi connectivity index (χ0n) is 16.7. The molecule has 30 heavy (non-hydrogen) atoms. The van der Waals surface area contributed by atoms with Gasteiger partial charge in [-0.3, -0.25) is 14.5 Å². The predicted octanol–water partition coefficient (Wildman–Crippen LogP) is 3.88. The molecule has 0 fully saturated rings. The summed E-state index contributed by atoms with van der Waals surface area (Å²) >= 11 is 0. The number of para-hydroxylation sites is 1. The van der Waals surface area contributed by atoms with Crippen molar-refractivity contribution in [2.24, 2.45) is 5.73 Å². The predicted molar refractivity (Wildman–Crippen MR) is 117 cm³/mol. The van der Waals surface area contributed by atoms with Gasteiger partial charge in [-0.25, -0.2) is 0 Å². The Bertz CT molecular complexity index is 1060. The molecule has 0 saturated carbocycles. The molecule has 6 nitrogen and oxygen atoms in total. The minimum absolute atomic E-state index is 0.0624. The van der Waals surface area contributed by atoms with Crippen LogP contribution in [0.4, 0.5) is 11.4 Å². The van der Waals surface area contributed by atoms with E-state index in [1.807, 2.05) is 60.7 Å². The first-order valence-electron chi connectivity index (χ1n) is 9.86. The lowest BCUT2D eigenvalue weighted by molar-refractivity contribution is -0.119. The highest BCUT2D eigenvalue weighted by molar-refractivity contribution is 6.12. The summed E-state index contributed by atoms with van der Waals surface area (Å²) in [5, 5.41) is 3.48. The number of aryl methyl sites for hydroxylation is 1. The third-order valence-corrected chi connectivity index (χ3v) is 5.13. The number of ether oxygens (including phenoxy) is 1. The molecule has 1 unspecified atom stereocenters. The molecule has 0 aromatic heterocycles. The molecule has 1 atom stereocenters. The highest BCUT2D eigenvalue weighted by Crippen LogP contribution is 2.37. The monoisotopic (exact) mass is 401 g/mol. The number of rotatable bonds is 6. The highest BCUT2D eigenvalue weighted by atomic mass is 16.5. The van der Waals surface area contributed by atoms with Crippen LogP contribution in [0.2, 0.25) is 0 Å². The van der Waals surface area contributed by atoms with Crippen molar-refractivity contribution in [3.8, 4) is 5.75 Å². The van der Waals surface area contributed by atoms with Crippen LogP contribution >= 0.6 is 0 Å². The van der Waals surface area contributed by atoms with Crippen molar-refractivity contribution in [1.29, 1.82) is 0 Å². The molecule has 1 heterocycles. The number of nitrogens with two attached hydrogens (primary N) is 1. The smallest absolute Gasteiger partial charge is 0.262 e. The molecule has 0 aliphatic carbocycles. The minimum Gasteiger partial charge on any atom is -0.484 e. The normalized spacial score (nSPS) is 15.3. The lowest BCUT2D eigenvalue weighted by Crippen LogP contribution is -2.43. The van der Waals surface area contributed by atoms with Crippen LogP contribution in [0.1, 0.15) is 34.6 Å². The van der Waals surface area contributed by atoms with Crippen LogP contribution in [0, 0.1) is 0 Å². The Morgan fingerprint density at radius 2 is 1.73 bits per heavy atom. The lowest BCUT2D eigenvalue weighted by Gasteiger charge is -2.38. The molecule has 0 saturated heterocycles. The molecule has 3 N–H and O–H groups in total. The Morgan fingerprint density at radius 1 is 1.03 bits per heavy atom. The minimum atomic E-state index is -0.531. The number of carbonyl (C=O) groups excluding carboxylic acids is 2. The van der Waals surface area contributed by atoms with Crippen LogP contribution in [0.5, 0.6) is 5.75 Å². The summed E-state index contributed by atoms with van der Waals surface area (Å²) < 4.78 is 5.35. The van der Waals surface area contributed by atoms with Gasteiger partial charge in [-0.05, 0) is 53.9 Å². The Kier molecular flexibility index (Phi) is 5.39. The van der Waals surface area contributed by atoms with E-state index in [1.54, 1.807) is 17.0 Å². The standard InChI is InChI=1S/C24H23N3O3/c1-2-16-7-11-18(12-8-16)27-23(26-21-6-4-3-5-20(21)24(27)29)17-9-13-19(14-10-17)30-15-22(25)28/h3-14,23,26H,2,15H2,1H3,(H2,25,28). The third-order valence-electron chi connectivity index (χ3n) is 5.13. The van der Waals surface area contributed by atoms with Gasteiger partial charge < -0.3 is 15.8 Å². The molecule has 3 aromatic rings. The quantitative estimate of drug-likeness (QED) is 0.656. The van der Waals surface area contributed by atoms with Crippen LogP contribution in [-0.2, 0) is 11.2 Å². The van der Waals surface area contributed by atoms with Gasteiger partial charge >= 0.3 is 0 Å². The van der Waals surface area contributed by atoms with Crippen LogP contribution in [0.3, 0.4) is 0 Å². The molecule has 0 spiro atoms. The van der Waals surface area contributed by atoms with E-state index in [0.29, 0.717) is 11.3 Å². The van der Waals surface area contributed by atoms with Gasteiger partial charge in [0.25, 0.3) is 11.8 Å². The van der Waals surface area contributed by atoms with Crippen molar-refractivity contribution in [1.82, 2.24) is 0 Å². The first-order chi connectivity index (χ1) is 14.6. The molecule has 0 radical (unpaired) electrons. The number of primary amides is 1. The number of anilines is 2. The molecule has 6 heteroatoms. The Hall–Kier alpha value is -3.80. The number of carbonyl (C=O) groups is 2. The summed E-state index contributed by atoms with van der Waals surface area (Å²) in [7, 11) is 0. The van der Waals surface area contributed by atoms with Gasteiger partial charge in [0.05, 0.1) is 5.56 Å². The summed E-state index contributed by atoms with van der Waals surface area (Å²) in [5.41, 5.74) is 9.48. The summed E-state index contributed by atoms with van der Waals surface area (Å²) in [6.07, 6.45) is 0.552. The Morgan fingerprint density at radius 3 is 2.40 bits per heavy atom. The number of benzene rings is 3. The first-order valence-corrected chi connectivity index (χ1v) is 9.86. The second-order valence-electron chi connectivity index (χ2n) is 7.11. The van der Waals surface area contributed by atoms with E-state index in [0.717, 1.165) is 23.4 Å². The number of hydrogen-bond donors (Lipinski definition) is 2. The highest BCUT2D eigenvalue weighted by Gasteiger charge is 2.33. The number of fused-ring (bicyclic) bond motifs is 1. The molecule has 2 amide bonds. The second-order valence-corrected chi connectivity index (χ2v) is 7.11. The van der Waals surface area contributed by atoms with E-state index in [9.17, 15) is 9.59 Å². The van der Waals surface area contributed by atoms with Crippen molar-refractivity contribution in [3.63, 3.8) is 0 Å². The molecule has 0 bridgehead atoms. The zero-order chi connectivity index (χ0) is 21.1. The average molecular weight is 401 g/mol. The SMILES string of the molecule is CCc1ccc(N2C(=O)c3ccccc3NC2c2ccc(OCC(N)=O)cc2)cc1. The molecular weight excluding hydrogens is 378 g/mol. The van der Waals surface area contributed by atoms with Crippen molar-refractivity contribution >= 4 is 23.2 Å². The Labute approximate surface area is 175 Å². The van der Waals surface area contributed by atoms with Crippen LogP contribution < -0.4 is 20.7 Å². The number of hydrogen-bond acceptors (Lipinski definition) is 4. The van der Waals surface area contributed by atoms with Gasteiger partial charge in [-0.2, -0.15) is 0 Å². The maximum Gasteiger partial charge on any atom is 0.262 e. The number of nitrogens with one attached hydrogen (secondary N) is 1. The van der Waals surface area contributed by atoms with Crippen molar-refractivity contribution in [2.45, 2.75) is 19.5 Å². The Balaban J connectivity index is 1.71. The number of nitrogens with zero attached hydrogens (tertiary/aromatic N) is 1. The maximum atomic E-state index is 13.4. The fourth-order valence-electron chi connectivity index (χ4n) is 3.55. The van der Waals surface area contributed by atoms with Gasteiger partial charge in [-0.1, -0.05) is 43.3 Å². The molecule has 152 valence electrons. The zero-order valence-corrected chi connectivity index (χ0v) is 16.7.